The van der Waals surface area contributed by atoms with Crippen molar-refractivity contribution in [1.82, 2.24) is 5.32 Å². The summed E-state index contributed by atoms with van der Waals surface area (Å²) in [5.41, 5.74) is 1.76. The summed E-state index contributed by atoms with van der Waals surface area (Å²) in [6.07, 6.45) is 0. The fourth-order valence-electron chi connectivity index (χ4n) is 2.27. The van der Waals surface area contributed by atoms with E-state index in [1.165, 1.54) is 18.2 Å². The molecule has 0 aliphatic rings. The van der Waals surface area contributed by atoms with Crippen LogP contribution in [0.2, 0.25) is 0 Å². The maximum Gasteiger partial charge on any atom is 0.131 e. The molecule has 1 unspecified atom stereocenters. The van der Waals surface area contributed by atoms with Crippen LogP contribution in [0.15, 0.2) is 36.4 Å². The molecule has 0 spiro atoms. The van der Waals surface area contributed by atoms with E-state index >= 15 is 0 Å². The Bertz CT molecular complexity index is 690. The lowest BCUT2D eigenvalue weighted by Gasteiger charge is -2.14. The first-order valence-electron chi connectivity index (χ1n) is 6.79. The predicted molar refractivity (Wildman–Crippen MR) is 78.6 cm³/mol. The zero-order chi connectivity index (χ0) is 15.4. The summed E-state index contributed by atoms with van der Waals surface area (Å²) in [5.74, 6) is -0.981. The highest BCUT2D eigenvalue weighted by Gasteiger charge is 2.12. The van der Waals surface area contributed by atoms with Crippen LogP contribution >= 0.6 is 0 Å². The standard InChI is InChI=1S/C17H16F2N2/c1-3-21-11(2)13-4-5-17(19)16(9-13)14-6-12(10-20)7-15(18)8-14/h4-9,11,21H,3H2,1-2H3. The summed E-state index contributed by atoms with van der Waals surface area (Å²) < 4.78 is 27.6. The van der Waals surface area contributed by atoms with Gasteiger partial charge in [-0.15, -0.1) is 0 Å². The van der Waals surface area contributed by atoms with Crippen molar-refractivity contribution in [2.24, 2.45) is 0 Å². The molecule has 2 aromatic carbocycles. The minimum absolute atomic E-state index is 0.0679. The highest BCUT2D eigenvalue weighted by molar-refractivity contribution is 5.67. The van der Waals surface area contributed by atoms with E-state index in [0.717, 1.165) is 18.2 Å². The molecule has 0 amide bonds. The molecule has 0 heterocycles. The van der Waals surface area contributed by atoms with Gasteiger partial charge < -0.3 is 5.32 Å². The Morgan fingerprint density at radius 2 is 1.95 bits per heavy atom. The molecule has 1 atom stereocenters. The minimum atomic E-state index is -0.548. The van der Waals surface area contributed by atoms with E-state index in [2.05, 4.69) is 5.32 Å². The quantitative estimate of drug-likeness (QED) is 0.915. The second-order valence-electron chi connectivity index (χ2n) is 4.86. The molecule has 0 saturated carbocycles. The van der Waals surface area contributed by atoms with Crippen LogP contribution in [0.1, 0.15) is 31.0 Å². The Morgan fingerprint density at radius 1 is 1.19 bits per heavy atom. The predicted octanol–water partition coefficient (Wildman–Crippen LogP) is 4.17. The molecule has 0 radical (unpaired) electrons. The van der Waals surface area contributed by atoms with Gasteiger partial charge in [-0.1, -0.05) is 13.0 Å². The average Bonchev–Trinajstić information content (AvgIpc) is 2.47. The smallest absolute Gasteiger partial charge is 0.131 e. The Kier molecular flexibility index (Phi) is 4.66. The van der Waals surface area contributed by atoms with Crippen molar-refractivity contribution >= 4 is 0 Å². The maximum atomic E-state index is 14.0. The lowest BCUT2D eigenvalue weighted by molar-refractivity contribution is 0.592. The van der Waals surface area contributed by atoms with Crippen LogP contribution in [-0.4, -0.2) is 6.54 Å². The van der Waals surface area contributed by atoms with Crippen molar-refractivity contribution < 1.29 is 8.78 Å². The fraction of sp³-hybridized carbons (Fsp3) is 0.235. The van der Waals surface area contributed by atoms with Gasteiger partial charge in [0, 0.05) is 11.6 Å². The molecule has 1 N–H and O–H groups in total. The largest absolute Gasteiger partial charge is 0.310 e. The van der Waals surface area contributed by atoms with E-state index in [0.29, 0.717) is 11.1 Å². The molecule has 0 saturated heterocycles. The molecule has 0 aliphatic carbocycles. The van der Waals surface area contributed by atoms with Gasteiger partial charge in [-0.05, 0) is 54.9 Å². The van der Waals surface area contributed by atoms with Gasteiger partial charge in [-0.2, -0.15) is 5.26 Å². The molecule has 2 nitrogen and oxygen atoms in total. The average molecular weight is 286 g/mol. The molecule has 0 bridgehead atoms. The van der Waals surface area contributed by atoms with E-state index in [4.69, 9.17) is 5.26 Å². The number of hydrogen-bond acceptors (Lipinski definition) is 2. The first-order chi connectivity index (χ1) is 10.0. The van der Waals surface area contributed by atoms with Crippen LogP contribution in [0.3, 0.4) is 0 Å². The number of hydrogen-bond donors (Lipinski definition) is 1. The summed E-state index contributed by atoms with van der Waals surface area (Å²) in [6.45, 7) is 4.77. The van der Waals surface area contributed by atoms with Crippen LogP contribution in [-0.2, 0) is 0 Å². The number of halogens is 2. The lowest BCUT2D eigenvalue weighted by Crippen LogP contribution is -2.17. The maximum absolute atomic E-state index is 14.0. The zero-order valence-corrected chi connectivity index (χ0v) is 12.0. The fourth-order valence-corrected chi connectivity index (χ4v) is 2.27. The van der Waals surface area contributed by atoms with Crippen LogP contribution in [0, 0.1) is 23.0 Å². The first-order valence-corrected chi connectivity index (χ1v) is 6.79. The summed E-state index contributed by atoms with van der Waals surface area (Å²) in [7, 11) is 0. The van der Waals surface area contributed by atoms with Gasteiger partial charge in [-0.25, -0.2) is 8.78 Å². The zero-order valence-electron chi connectivity index (χ0n) is 12.0. The van der Waals surface area contributed by atoms with Crippen molar-refractivity contribution in [3.05, 3.63) is 59.2 Å². The Balaban J connectivity index is 2.51. The van der Waals surface area contributed by atoms with Gasteiger partial charge in [0.2, 0.25) is 0 Å². The molecule has 0 fully saturated rings. The monoisotopic (exact) mass is 286 g/mol. The van der Waals surface area contributed by atoms with Gasteiger partial charge in [0.05, 0.1) is 11.6 Å². The second kappa shape index (κ2) is 6.47. The number of nitrogens with zero attached hydrogens (tertiary/aromatic N) is 1. The number of benzene rings is 2. The van der Waals surface area contributed by atoms with Crippen molar-refractivity contribution in [1.29, 1.82) is 5.26 Å². The van der Waals surface area contributed by atoms with Crippen molar-refractivity contribution in [2.75, 3.05) is 6.54 Å². The summed E-state index contributed by atoms with van der Waals surface area (Å²) in [5, 5.41) is 12.1. The Hall–Kier alpha value is -2.25. The lowest BCUT2D eigenvalue weighted by atomic mass is 9.98. The molecule has 0 aliphatic heterocycles. The molecule has 2 rings (SSSR count). The number of nitriles is 1. The third-order valence-electron chi connectivity index (χ3n) is 3.34. The van der Waals surface area contributed by atoms with Gasteiger partial charge in [0.15, 0.2) is 0 Å². The normalized spacial score (nSPS) is 12.0. The molecular formula is C17H16F2N2. The molecule has 4 heteroatoms. The SMILES string of the molecule is CCNC(C)c1ccc(F)c(-c2cc(F)cc(C#N)c2)c1. The second-order valence-corrected chi connectivity index (χ2v) is 4.86. The third kappa shape index (κ3) is 3.45. The van der Waals surface area contributed by atoms with Gasteiger partial charge >= 0.3 is 0 Å². The molecule has 108 valence electrons. The number of nitrogens with one attached hydrogen (secondary N) is 1. The Labute approximate surface area is 123 Å². The molecule has 2 aromatic rings. The van der Waals surface area contributed by atoms with E-state index in [9.17, 15) is 8.78 Å². The highest BCUT2D eigenvalue weighted by Crippen LogP contribution is 2.27. The van der Waals surface area contributed by atoms with E-state index in [-0.39, 0.29) is 11.6 Å². The highest BCUT2D eigenvalue weighted by atomic mass is 19.1. The molecule has 21 heavy (non-hydrogen) atoms. The number of rotatable bonds is 4. The van der Waals surface area contributed by atoms with E-state index < -0.39 is 11.6 Å². The van der Waals surface area contributed by atoms with E-state index in [1.54, 1.807) is 12.1 Å². The minimum Gasteiger partial charge on any atom is -0.310 e. The van der Waals surface area contributed by atoms with Gasteiger partial charge in [-0.3, -0.25) is 0 Å². The van der Waals surface area contributed by atoms with Crippen molar-refractivity contribution in [3.8, 4) is 17.2 Å². The third-order valence-corrected chi connectivity index (χ3v) is 3.34. The van der Waals surface area contributed by atoms with Gasteiger partial charge in [0.1, 0.15) is 11.6 Å². The summed E-state index contributed by atoms with van der Waals surface area (Å²) >= 11 is 0. The molecule has 0 aromatic heterocycles. The van der Waals surface area contributed by atoms with Crippen LogP contribution in [0.25, 0.3) is 11.1 Å². The summed E-state index contributed by atoms with van der Waals surface area (Å²) in [4.78, 5) is 0. The van der Waals surface area contributed by atoms with Crippen LogP contribution in [0.5, 0.6) is 0 Å². The summed E-state index contributed by atoms with van der Waals surface area (Å²) in [6, 6.07) is 10.6. The van der Waals surface area contributed by atoms with Crippen molar-refractivity contribution in [2.45, 2.75) is 19.9 Å². The first kappa shape index (κ1) is 15.1. The van der Waals surface area contributed by atoms with E-state index in [1.807, 2.05) is 19.9 Å². The Morgan fingerprint density at radius 3 is 2.62 bits per heavy atom. The van der Waals surface area contributed by atoms with Crippen LogP contribution < -0.4 is 5.32 Å². The van der Waals surface area contributed by atoms with Crippen molar-refractivity contribution in [3.63, 3.8) is 0 Å². The van der Waals surface area contributed by atoms with Gasteiger partial charge in [0.25, 0.3) is 0 Å². The van der Waals surface area contributed by atoms with Crippen LogP contribution in [0.4, 0.5) is 8.78 Å². The molecular weight excluding hydrogens is 270 g/mol. The topological polar surface area (TPSA) is 35.8 Å².